The Labute approximate surface area is 85.7 Å². The molecule has 78 valence electrons. The van der Waals surface area contributed by atoms with Crippen LogP contribution in [0.1, 0.15) is 5.69 Å². The molecular formula is C9H10FN5. The van der Waals surface area contributed by atoms with Gasteiger partial charge in [0, 0.05) is 12.6 Å². The number of rotatable bonds is 1. The van der Waals surface area contributed by atoms with Crippen LogP contribution in [0.15, 0.2) is 12.3 Å². The van der Waals surface area contributed by atoms with Gasteiger partial charge in [0.05, 0.1) is 11.9 Å². The second kappa shape index (κ2) is 3.30. The molecular weight excluding hydrogens is 197 g/mol. The highest BCUT2D eigenvalue weighted by Crippen LogP contribution is 2.25. The van der Waals surface area contributed by atoms with Crippen molar-refractivity contribution in [2.45, 2.75) is 6.92 Å². The maximum absolute atomic E-state index is 13.6. The second-order valence-corrected chi connectivity index (χ2v) is 3.20. The van der Waals surface area contributed by atoms with Gasteiger partial charge in [0.2, 0.25) is 0 Å². The van der Waals surface area contributed by atoms with Crippen molar-refractivity contribution in [2.75, 3.05) is 5.73 Å². The van der Waals surface area contributed by atoms with Crippen molar-refractivity contribution in [3.05, 3.63) is 23.8 Å². The first kappa shape index (κ1) is 9.57. The highest BCUT2D eigenvalue weighted by Gasteiger charge is 2.17. The zero-order valence-electron chi connectivity index (χ0n) is 8.40. The molecule has 0 radical (unpaired) electrons. The quantitative estimate of drug-likeness (QED) is 0.754. The molecule has 2 N–H and O–H groups in total. The molecule has 0 amide bonds. The third kappa shape index (κ3) is 1.43. The molecule has 0 aliphatic carbocycles. The summed E-state index contributed by atoms with van der Waals surface area (Å²) >= 11 is 0. The van der Waals surface area contributed by atoms with E-state index in [1.165, 1.54) is 10.9 Å². The number of nitrogens with two attached hydrogens (primary N) is 1. The molecule has 2 aromatic heterocycles. The Morgan fingerprint density at radius 3 is 2.73 bits per heavy atom. The van der Waals surface area contributed by atoms with Gasteiger partial charge in [0.1, 0.15) is 5.69 Å². The normalized spacial score (nSPS) is 10.6. The van der Waals surface area contributed by atoms with E-state index >= 15 is 0 Å². The average molecular weight is 207 g/mol. The third-order valence-corrected chi connectivity index (χ3v) is 2.19. The first-order valence-corrected chi connectivity index (χ1v) is 4.38. The monoisotopic (exact) mass is 207 g/mol. The molecule has 6 heteroatoms. The summed E-state index contributed by atoms with van der Waals surface area (Å²) in [6.45, 7) is 1.74. The zero-order valence-corrected chi connectivity index (χ0v) is 8.40. The molecule has 0 aliphatic rings. The van der Waals surface area contributed by atoms with Crippen molar-refractivity contribution in [1.29, 1.82) is 0 Å². The molecule has 0 saturated carbocycles. The van der Waals surface area contributed by atoms with Crippen LogP contribution < -0.4 is 5.73 Å². The SMILES string of the molecule is Cc1nnccc1-c1nn(C)c(N)c1F. The number of aryl methyl sites for hydroxylation is 2. The van der Waals surface area contributed by atoms with Gasteiger partial charge in [-0.25, -0.2) is 9.07 Å². The standard InChI is InChI=1S/C9H10FN5/c1-5-6(3-4-12-13-5)8-7(10)9(11)15(2)14-8/h3-4H,11H2,1-2H3. The maximum Gasteiger partial charge on any atom is 0.192 e. The summed E-state index contributed by atoms with van der Waals surface area (Å²) in [5, 5.41) is 11.5. The van der Waals surface area contributed by atoms with Gasteiger partial charge in [0.25, 0.3) is 0 Å². The van der Waals surface area contributed by atoms with Crippen molar-refractivity contribution in [1.82, 2.24) is 20.0 Å². The molecule has 0 unspecified atom stereocenters. The van der Waals surface area contributed by atoms with Gasteiger partial charge in [-0.3, -0.25) is 0 Å². The Morgan fingerprint density at radius 2 is 2.20 bits per heavy atom. The summed E-state index contributed by atoms with van der Waals surface area (Å²) in [5.74, 6) is -0.505. The van der Waals surface area contributed by atoms with E-state index in [1.807, 2.05) is 0 Å². The Hall–Kier alpha value is -1.98. The largest absolute Gasteiger partial charge is 0.381 e. The summed E-state index contributed by atoms with van der Waals surface area (Å²) in [4.78, 5) is 0. The van der Waals surface area contributed by atoms with Crippen LogP contribution in [0.2, 0.25) is 0 Å². The molecule has 0 spiro atoms. The Morgan fingerprint density at radius 1 is 1.47 bits per heavy atom. The van der Waals surface area contributed by atoms with Crippen LogP contribution in [0.3, 0.4) is 0 Å². The average Bonchev–Trinajstić information content (AvgIpc) is 2.47. The molecule has 0 saturated heterocycles. The molecule has 0 fully saturated rings. The summed E-state index contributed by atoms with van der Waals surface area (Å²) in [5.41, 5.74) is 6.92. The van der Waals surface area contributed by atoms with E-state index in [2.05, 4.69) is 15.3 Å². The summed E-state index contributed by atoms with van der Waals surface area (Å²) in [6, 6.07) is 1.66. The van der Waals surface area contributed by atoms with Gasteiger partial charge in [-0.1, -0.05) is 0 Å². The second-order valence-electron chi connectivity index (χ2n) is 3.20. The van der Waals surface area contributed by atoms with Gasteiger partial charge < -0.3 is 5.73 Å². The Kier molecular flexibility index (Phi) is 2.11. The van der Waals surface area contributed by atoms with E-state index in [4.69, 9.17) is 5.73 Å². The van der Waals surface area contributed by atoms with E-state index in [-0.39, 0.29) is 11.5 Å². The summed E-state index contributed by atoms with van der Waals surface area (Å²) < 4.78 is 14.9. The number of aromatic nitrogens is 4. The van der Waals surface area contributed by atoms with E-state index in [9.17, 15) is 4.39 Å². The molecule has 0 atom stereocenters. The first-order valence-electron chi connectivity index (χ1n) is 4.38. The fraction of sp³-hybridized carbons (Fsp3) is 0.222. The highest BCUT2D eigenvalue weighted by molar-refractivity contribution is 5.64. The fourth-order valence-electron chi connectivity index (χ4n) is 1.34. The Bertz CT molecular complexity index is 505. The van der Waals surface area contributed by atoms with Crippen LogP contribution in [0.25, 0.3) is 11.3 Å². The molecule has 2 heterocycles. The van der Waals surface area contributed by atoms with Crippen LogP contribution in [-0.2, 0) is 7.05 Å². The summed E-state index contributed by atoms with van der Waals surface area (Å²) in [7, 11) is 1.59. The highest BCUT2D eigenvalue weighted by atomic mass is 19.1. The predicted octanol–water partition coefficient (Wildman–Crippen LogP) is 0.907. The van der Waals surface area contributed by atoms with Crippen molar-refractivity contribution in [2.24, 2.45) is 7.05 Å². The number of hydrogen-bond donors (Lipinski definition) is 1. The topological polar surface area (TPSA) is 69.6 Å². The van der Waals surface area contributed by atoms with Gasteiger partial charge >= 0.3 is 0 Å². The molecule has 0 aliphatic heterocycles. The van der Waals surface area contributed by atoms with E-state index < -0.39 is 5.82 Å². The zero-order chi connectivity index (χ0) is 11.0. The number of anilines is 1. The van der Waals surface area contributed by atoms with Gasteiger partial charge in [0.15, 0.2) is 11.6 Å². The number of hydrogen-bond acceptors (Lipinski definition) is 4. The molecule has 0 bridgehead atoms. The minimum Gasteiger partial charge on any atom is -0.381 e. The maximum atomic E-state index is 13.6. The minimum atomic E-state index is -0.520. The molecule has 15 heavy (non-hydrogen) atoms. The van der Waals surface area contributed by atoms with Gasteiger partial charge in [-0.05, 0) is 13.0 Å². The number of nitrogens with zero attached hydrogens (tertiary/aromatic N) is 4. The number of halogens is 1. The third-order valence-electron chi connectivity index (χ3n) is 2.19. The first-order chi connectivity index (χ1) is 7.11. The molecule has 2 rings (SSSR count). The van der Waals surface area contributed by atoms with E-state index in [0.717, 1.165) is 0 Å². The smallest absolute Gasteiger partial charge is 0.192 e. The van der Waals surface area contributed by atoms with Crippen molar-refractivity contribution >= 4 is 5.82 Å². The molecule has 0 aromatic carbocycles. The summed E-state index contributed by atoms with van der Waals surface area (Å²) in [6.07, 6.45) is 1.49. The van der Waals surface area contributed by atoms with Crippen LogP contribution in [0.5, 0.6) is 0 Å². The lowest BCUT2D eigenvalue weighted by Gasteiger charge is -1.98. The van der Waals surface area contributed by atoms with Crippen molar-refractivity contribution in [3.8, 4) is 11.3 Å². The van der Waals surface area contributed by atoms with Crippen LogP contribution in [0, 0.1) is 12.7 Å². The van der Waals surface area contributed by atoms with Crippen LogP contribution in [0.4, 0.5) is 10.2 Å². The van der Waals surface area contributed by atoms with Crippen LogP contribution >= 0.6 is 0 Å². The van der Waals surface area contributed by atoms with E-state index in [1.54, 1.807) is 20.0 Å². The van der Waals surface area contributed by atoms with Gasteiger partial charge in [-0.2, -0.15) is 15.3 Å². The van der Waals surface area contributed by atoms with Crippen LogP contribution in [-0.4, -0.2) is 20.0 Å². The predicted molar refractivity (Wildman–Crippen MR) is 53.3 cm³/mol. The lowest BCUT2D eigenvalue weighted by molar-refractivity contribution is 0.633. The van der Waals surface area contributed by atoms with Gasteiger partial charge in [-0.15, -0.1) is 0 Å². The number of nitrogen functional groups attached to an aromatic ring is 1. The lowest BCUT2D eigenvalue weighted by atomic mass is 10.1. The minimum absolute atomic E-state index is 0.0150. The van der Waals surface area contributed by atoms with E-state index in [0.29, 0.717) is 11.3 Å². The Balaban J connectivity index is 2.65. The van der Waals surface area contributed by atoms with Crippen molar-refractivity contribution < 1.29 is 4.39 Å². The fourth-order valence-corrected chi connectivity index (χ4v) is 1.34. The van der Waals surface area contributed by atoms with Crippen molar-refractivity contribution in [3.63, 3.8) is 0 Å². The lowest BCUT2D eigenvalue weighted by Crippen LogP contribution is -1.97. The molecule has 5 nitrogen and oxygen atoms in total. The molecule has 2 aromatic rings.